The van der Waals surface area contributed by atoms with Crippen LogP contribution in [0.4, 0.5) is 0 Å². The second-order valence-corrected chi connectivity index (χ2v) is 3.64. The zero-order valence-corrected chi connectivity index (χ0v) is 15.4. The molecule has 14 heavy (non-hydrogen) atoms. The van der Waals surface area contributed by atoms with Gasteiger partial charge in [-0.05, 0) is 13.2 Å². The van der Waals surface area contributed by atoms with Crippen molar-refractivity contribution < 1.29 is 117 Å². The molecule has 0 heterocycles. The Morgan fingerprint density at radius 2 is 1.57 bits per heavy atom. The molecule has 0 aliphatic carbocycles. The predicted molar refractivity (Wildman–Crippen MR) is 43.1 cm³/mol. The Morgan fingerprint density at radius 1 is 1.07 bits per heavy atom. The van der Waals surface area contributed by atoms with Gasteiger partial charge in [-0.3, -0.25) is 0 Å². The summed E-state index contributed by atoms with van der Waals surface area (Å²) in [5.74, 6) is 0.669. The van der Waals surface area contributed by atoms with Crippen molar-refractivity contribution in [2.75, 3.05) is 0 Å². The normalized spacial score (nSPS) is 10.4. The molecule has 0 bridgehead atoms. The Bertz CT molecular complexity index is 321. The molecule has 1 aromatic carbocycles. The summed E-state index contributed by atoms with van der Waals surface area (Å²) in [4.78, 5) is 20.4. The smallest absolute Gasteiger partial charge is 0.808 e. The molecule has 3 nitrogen and oxygen atoms in total. The SMILES string of the molecule is O=P([O-])([O-])/C=C/c1ccccc1.[K+].[K+]. The van der Waals surface area contributed by atoms with E-state index >= 15 is 0 Å². The molecule has 0 aliphatic rings. The molecular weight excluding hydrogens is 253 g/mol. The first-order valence-electron chi connectivity index (χ1n) is 3.34. The van der Waals surface area contributed by atoms with E-state index in [0.29, 0.717) is 11.4 Å². The van der Waals surface area contributed by atoms with E-state index in [1.165, 1.54) is 6.08 Å². The summed E-state index contributed by atoms with van der Waals surface area (Å²) in [6.45, 7) is 0. The van der Waals surface area contributed by atoms with E-state index < -0.39 is 7.60 Å². The summed E-state index contributed by atoms with van der Waals surface area (Å²) in [5, 5.41) is 0. The van der Waals surface area contributed by atoms with Gasteiger partial charge in [-0.25, -0.2) is 0 Å². The van der Waals surface area contributed by atoms with Crippen molar-refractivity contribution in [1.29, 1.82) is 0 Å². The molecule has 0 aliphatic heterocycles. The molecule has 0 N–H and O–H groups in total. The van der Waals surface area contributed by atoms with Crippen LogP contribution in [0.15, 0.2) is 36.1 Å². The van der Waals surface area contributed by atoms with E-state index in [1.54, 1.807) is 24.3 Å². The Kier molecular flexibility index (Phi) is 12.6. The first-order chi connectivity index (χ1) is 5.58. The van der Waals surface area contributed by atoms with E-state index in [1.807, 2.05) is 6.07 Å². The van der Waals surface area contributed by atoms with Crippen LogP contribution < -0.4 is 113 Å². The van der Waals surface area contributed by atoms with E-state index in [9.17, 15) is 14.4 Å². The summed E-state index contributed by atoms with van der Waals surface area (Å²) < 4.78 is 10.2. The summed E-state index contributed by atoms with van der Waals surface area (Å²) >= 11 is 0. The molecule has 1 rings (SSSR count). The van der Waals surface area contributed by atoms with Gasteiger partial charge in [0, 0.05) is 0 Å². The van der Waals surface area contributed by atoms with Gasteiger partial charge >= 0.3 is 103 Å². The molecule has 0 amide bonds. The second-order valence-electron chi connectivity index (χ2n) is 2.27. The van der Waals surface area contributed by atoms with Crippen molar-refractivity contribution in [2.45, 2.75) is 0 Å². The van der Waals surface area contributed by atoms with Crippen LogP contribution in [-0.4, -0.2) is 0 Å². The monoisotopic (exact) mass is 260 g/mol. The third-order valence-corrected chi connectivity index (χ3v) is 1.76. The summed E-state index contributed by atoms with van der Waals surface area (Å²) in [5.41, 5.74) is 0.699. The number of hydrogen-bond donors (Lipinski definition) is 0. The Labute approximate surface area is 168 Å². The van der Waals surface area contributed by atoms with Gasteiger partial charge in [-0.1, -0.05) is 42.2 Å². The molecule has 1 aromatic rings. The van der Waals surface area contributed by atoms with Gasteiger partial charge in [0.25, 0.3) is 0 Å². The second kappa shape index (κ2) is 9.42. The van der Waals surface area contributed by atoms with Crippen LogP contribution in [0.25, 0.3) is 6.08 Å². The molecule has 0 saturated heterocycles. The van der Waals surface area contributed by atoms with Gasteiger partial charge in [-0.15, -0.1) is 0 Å². The maximum absolute atomic E-state index is 10.2. The molecule has 64 valence electrons. The quantitative estimate of drug-likeness (QED) is 0.394. The fourth-order valence-electron chi connectivity index (χ4n) is 0.742. The van der Waals surface area contributed by atoms with Crippen molar-refractivity contribution in [3.8, 4) is 0 Å². The van der Waals surface area contributed by atoms with Crippen LogP contribution in [0.3, 0.4) is 0 Å². The van der Waals surface area contributed by atoms with Crippen molar-refractivity contribution in [3.05, 3.63) is 41.7 Å². The average Bonchev–Trinajstić information content (AvgIpc) is 2.02. The van der Waals surface area contributed by atoms with Gasteiger partial charge < -0.3 is 14.4 Å². The number of hydrogen-bond acceptors (Lipinski definition) is 3. The molecule has 0 saturated carbocycles. The van der Waals surface area contributed by atoms with E-state index in [4.69, 9.17) is 0 Å². The van der Waals surface area contributed by atoms with Crippen molar-refractivity contribution >= 4 is 13.7 Å². The van der Waals surface area contributed by atoms with Gasteiger partial charge in [0.1, 0.15) is 0 Å². The summed E-state index contributed by atoms with van der Waals surface area (Å²) in [6, 6.07) is 8.77. The standard InChI is InChI=1S/C8H9O3P.2K/c9-12(10,11)7-6-8-4-2-1-3-5-8;;/h1-7H,(H2,9,10,11);;/q;2*+1/p-2/b7-6+;;. The number of benzene rings is 1. The molecule has 0 fully saturated rings. The zero-order chi connectivity index (χ0) is 9.03. The molecule has 0 radical (unpaired) electrons. The maximum Gasteiger partial charge on any atom is 1.00 e. The largest absolute Gasteiger partial charge is 1.00 e. The third kappa shape index (κ3) is 9.60. The van der Waals surface area contributed by atoms with Gasteiger partial charge in [0.15, 0.2) is 0 Å². The van der Waals surface area contributed by atoms with Gasteiger partial charge in [0.2, 0.25) is 0 Å². The van der Waals surface area contributed by atoms with Crippen LogP contribution in [-0.2, 0) is 4.57 Å². The first-order valence-corrected chi connectivity index (χ1v) is 4.95. The molecular formula is C8H7K2O3P. The van der Waals surface area contributed by atoms with Crippen molar-refractivity contribution in [2.24, 2.45) is 0 Å². The van der Waals surface area contributed by atoms with E-state index in [0.717, 1.165) is 0 Å². The zero-order valence-electron chi connectivity index (χ0n) is 8.21. The third-order valence-electron chi connectivity index (χ3n) is 1.25. The summed E-state index contributed by atoms with van der Waals surface area (Å²) in [7, 11) is -4.51. The Balaban J connectivity index is 0. The Morgan fingerprint density at radius 3 is 2.00 bits per heavy atom. The summed E-state index contributed by atoms with van der Waals surface area (Å²) in [6.07, 6.45) is 1.28. The van der Waals surface area contributed by atoms with Crippen LogP contribution in [0.1, 0.15) is 5.56 Å². The molecule has 0 spiro atoms. The maximum atomic E-state index is 10.2. The Hall–Kier alpha value is 2.38. The average molecular weight is 260 g/mol. The van der Waals surface area contributed by atoms with E-state index in [2.05, 4.69) is 0 Å². The topological polar surface area (TPSA) is 63.2 Å². The van der Waals surface area contributed by atoms with Crippen molar-refractivity contribution in [1.82, 2.24) is 0 Å². The van der Waals surface area contributed by atoms with E-state index in [-0.39, 0.29) is 103 Å². The van der Waals surface area contributed by atoms with Crippen LogP contribution in [0, 0.1) is 0 Å². The molecule has 0 atom stereocenters. The van der Waals surface area contributed by atoms with Crippen molar-refractivity contribution in [3.63, 3.8) is 0 Å². The number of rotatable bonds is 2. The molecule has 0 unspecified atom stereocenters. The first kappa shape index (κ1) is 18.7. The van der Waals surface area contributed by atoms with Gasteiger partial charge in [-0.2, -0.15) is 0 Å². The fourth-order valence-corrected chi connectivity index (χ4v) is 1.10. The minimum atomic E-state index is -4.51. The minimum absolute atomic E-state index is 0. The minimum Gasteiger partial charge on any atom is -0.808 e. The molecule has 0 aromatic heterocycles. The van der Waals surface area contributed by atoms with Crippen LogP contribution in [0.2, 0.25) is 0 Å². The van der Waals surface area contributed by atoms with Crippen LogP contribution >= 0.6 is 7.60 Å². The predicted octanol–water partition coefficient (Wildman–Crippen LogP) is -5.42. The van der Waals surface area contributed by atoms with Gasteiger partial charge in [0.05, 0.1) is 0 Å². The fraction of sp³-hybridized carbons (Fsp3) is 0. The molecule has 6 heteroatoms. The van der Waals surface area contributed by atoms with Crippen LogP contribution in [0.5, 0.6) is 0 Å².